The van der Waals surface area contributed by atoms with Crippen molar-refractivity contribution in [2.45, 2.75) is 57.9 Å². The molecule has 1 aromatic rings. The molecule has 2 heterocycles. The normalized spacial score (nSPS) is 21.2. The van der Waals surface area contributed by atoms with E-state index in [4.69, 9.17) is 0 Å². The first kappa shape index (κ1) is 20.9. The van der Waals surface area contributed by atoms with Crippen LogP contribution in [-0.2, 0) is 9.59 Å². The van der Waals surface area contributed by atoms with Gasteiger partial charge in [0.05, 0.1) is 0 Å². The molecule has 162 valence electrons. The smallest absolute Gasteiger partial charge is 0.251 e. The average Bonchev–Trinajstić information content (AvgIpc) is 3.63. The first-order valence-electron chi connectivity index (χ1n) is 11.5. The van der Waals surface area contributed by atoms with Crippen molar-refractivity contribution in [3.8, 4) is 0 Å². The molecule has 1 unspecified atom stereocenters. The molecule has 3 amide bonds. The lowest BCUT2D eigenvalue weighted by atomic mass is 9.87. The third-order valence-corrected chi connectivity index (χ3v) is 6.78. The maximum Gasteiger partial charge on any atom is 0.251 e. The van der Waals surface area contributed by atoms with Crippen molar-refractivity contribution in [2.24, 2.45) is 11.8 Å². The van der Waals surface area contributed by atoms with Gasteiger partial charge in [-0.2, -0.15) is 0 Å². The second-order valence-electron chi connectivity index (χ2n) is 9.14. The SMILES string of the molecule is Cc1ccc(C(=O)NC(C(=O)N2CCCCC2)C2CCN(C(=O)C3CC3)CC2)cc1. The van der Waals surface area contributed by atoms with Gasteiger partial charge in [-0.3, -0.25) is 14.4 Å². The molecule has 4 rings (SSSR count). The van der Waals surface area contributed by atoms with E-state index < -0.39 is 6.04 Å². The Balaban J connectivity index is 1.45. The van der Waals surface area contributed by atoms with Gasteiger partial charge in [0.25, 0.3) is 5.91 Å². The summed E-state index contributed by atoms with van der Waals surface area (Å²) in [6.45, 7) is 4.90. The number of rotatable bonds is 5. The first-order valence-corrected chi connectivity index (χ1v) is 11.5. The number of benzene rings is 1. The van der Waals surface area contributed by atoms with Crippen LogP contribution in [0, 0.1) is 18.8 Å². The first-order chi connectivity index (χ1) is 14.5. The van der Waals surface area contributed by atoms with Gasteiger partial charge in [-0.25, -0.2) is 0 Å². The molecule has 2 aliphatic heterocycles. The Morgan fingerprint density at radius 3 is 2.10 bits per heavy atom. The molecule has 0 bridgehead atoms. The number of nitrogens with one attached hydrogen (secondary N) is 1. The Kier molecular flexibility index (Phi) is 6.40. The van der Waals surface area contributed by atoms with Gasteiger partial charge in [0.15, 0.2) is 0 Å². The Morgan fingerprint density at radius 2 is 1.50 bits per heavy atom. The summed E-state index contributed by atoms with van der Waals surface area (Å²) in [6.07, 6.45) is 6.76. The highest BCUT2D eigenvalue weighted by Crippen LogP contribution is 2.33. The largest absolute Gasteiger partial charge is 0.342 e. The molecule has 0 aromatic heterocycles. The maximum absolute atomic E-state index is 13.4. The summed E-state index contributed by atoms with van der Waals surface area (Å²) in [6, 6.07) is 6.93. The second-order valence-corrected chi connectivity index (χ2v) is 9.14. The minimum absolute atomic E-state index is 0.0436. The van der Waals surface area contributed by atoms with E-state index in [0.29, 0.717) is 18.7 Å². The van der Waals surface area contributed by atoms with E-state index in [-0.39, 0.29) is 29.6 Å². The van der Waals surface area contributed by atoms with Crippen molar-refractivity contribution in [1.82, 2.24) is 15.1 Å². The molecule has 1 saturated carbocycles. The quantitative estimate of drug-likeness (QED) is 0.810. The van der Waals surface area contributed by atoms with Crippen LogP contribution in [0.4, 0.5) is 0 Å². The van der Waals surface area contributed by atoms with E-state index in [1.54, 1.807) is 0 Å². The van der Waals surface area contributed by atoms with E-state index in [0.717, 1.165) is 63.6 Å². The van der Waals surface area contributed by atoms with Crippen LogP contribution in [0.1, 0.15) is 60.9 Å². The molecule has 0 radical (unpaired) electrons. The number of piperidine rings is 2. The molecular formula is C24H33N3O3. The number of hydrogen-bond acceptors (Lipinski definition) is 3. The Bertz CT molecular complexity index is 773. The van der Waals surface area contributed by atoms with Crippen LogP contribution < -0.4 is 5.32 Å². The van der Waals surface area contributed by atoms with Crippen LogP contribution in [0.2, 0.25) is 0 Å². The van der Waals surface area contributed by atoms with Crippen molar-refractivity contribution in [3.05, 3.63) is 35.4 Å². The molecule has 1 aromatic carbocycles. The monoisotopic (exact) mass is 411 g/mol. The van der Waals surface area contributed by atoms with Gasteiger partial charge < -0.3 is 15.1 Å². The zero-order valence-electron chi connectivity index (χ0n) is 17.9. The van der Waals surface area contributed by atoms with Gasteiger partial charge in [-0.1, -0.05) is 17.7 Å². The highest BCUT2D eigenvalue weighted by atomic mass is 16.2. The highest BCUT2D eigenvalue weighted by Gasteiger charge is 2.39. The number of hydrogen-bond donors (Lipinski definition) is 1. The molecule has 2 saturated heterocycles. The van der Waals surface area contributed by atoms with E-state index in [9.17, 15) is 14.4 Å². The van der Waals surface area contributed by atoms with E-state index in [2.05, 4.69) is 5.32 Å². The Morgan fingerprint density at radius 1 is 0.867 bits per heavy atom. The fourth-order valence-electron chi connectivity index (χ4n) is 4.66. The third kappa shape index (κ3) is 4.85. The summed E-state index contributed by atoms with van der Waals surface area (Å²) in [5, 5.41) is 3.07. The standard InChI is InChI=1S/C24H33N3O3/c1-17-5-7-19(8-6-17)22(28)25-21(24(30)26-13-3-2-4-14-26)18-11-15-27(16-12-18)23(29)20-9-10-20/h5-8,18,20-21H,2-4,9-16H2,1H3,(H,25,28). The van der Waals surface area contributed by atoms with Crippen molar-refractivity contribution in [2.75, 3.05) is 26.2 Å². The molecule has 0 spiro atoms. The Hall–Kier alpha value is -2.37. The summed E-state index contributed by atoms with van der Waals surface area (Å²) in [5.74, 6) is 0.422. The lowest BCUT2D eigenvalue weighted by Gasteiger charge is -2.38. The maximum atomic E-state index is 13.4. The molecule has 1 aliphatic carbocycles. The van der Waals surface area contributed by atoms with Crippen molar-refractivity contribution < 1.29 is 14.4 Å². The van der Waals surface area contributed by atoms with Gasteiger partial charge in [-0.05, 0) is 69.9 Å². The molecule has 6 heteroatoms. The van der Waals surface area contributed by atoms with Crippen molar-refractivity contribution in [1.29, 1.82) is 0 Å². The van der Waals surface area contributed by atoms with Crippen LogP contribution in [0.3, 0.4) is 0 Å². The number of nitrogens with zero attached hydrogens (tertiary/aromatic N) is 2. The summed E-state index contributed by atoms with van der Waals surface area (Å²) < 4.78 is 0. The molecule has 30 heavy (non-hydrogen) atoms. The van der Waals surface area contributed by atoms with Gasteiger partial charge in [0.1, 0.15) is 6.04 Å². The van der Waals surface area contributed by atoms with E-state index >= 15 is 0 Å². The summed E-state index contributed by atoms with van der Waals surface area (Å²) in [5.41, 5.74) is 1.68. The van der Waals surface area contributed by atoms with E-state index in [1.165, 1.54) is 0 Å². The zero-order chi connectivity index (χ0) is 21.1. The van der Waals surface area contributed by atoms with Crippen LogP contribution in [0.25, 0.3) is 0 Å². The predicted molar refractivity (Wildman–Crippen MR) is 115 cm³/mol. The summed E-state index contributed by atoms with van der Waals surface area (Å²) in [7, 11) is 0. The topological polar surface area (TPSA) is 69.7 Å². The van der Waals surface area contributed by atoms with Gasteiger partial charge in [0, 0.05) is 37.7 Å². The van der Waals surface area contributed by atoms with Crippen LogP contribution in [-0.4, -0.2) is 59.7 Å². The number of carbonyl (C=O) groups excluding carboxylic acids is 3. The van der Waals surface area contributed by atoms with Crippen molar-refractivity contribution >= 4 is 17.7 Å². The van der Waals surface area contributed by atoms with E-state index in [1.807, 2.05) is 41.0 Å². The minimum atomic E-state index is -0.518. The minimum Gasteiger partial charge on any atom is -0.342 e. The zero-order valence-corrected chi connectivity index (χ0v) is 17.9. The molecule has 1 atom stereocenters. The number of amides is 3. The number of carbonyl (C=O) groups is 3. The molecule has 3 aliphatic rings. The lowest BCUT2D eigenvalue weighted by Crippen LogP contribution is -2.55. The Labute approximate surface area is 179 Å². The van der Waals surface area contributed by atoms with Crippen molar-refractivity contribution in [3.63, 3.8) is 0 Å². The molecule has 3 fully saturated rings. The average molecular weight is 412 g/mol. The fraction of sp³-hybridized carbons (Fsp3) is 0.625. The number of aryl methyl sites for hydroxylation is 1. The van der Waals surface area contributed by atoms with Crippen LogP contribution in [0.5, 0.6) is 0 Å². The highest BCUT2D eigenvalue weighted by molar-refractivity contribution is 5.97. The van der Waals surface area contributed by atoms with Gasteiger partial charge in [0.2, 0.25) is 11.8 Å². The molecule has 1 N–H and O–H groups in total. The third-order valence-electron chi connectivity index (χ3n) is 6.78. The molecule has 6 nitrogen and oxygen atoms in total. The van der Waals surface area contributed by atoms with Crippen LogP contribution in [0.15, 0.2) is 24.3 Å². The predicted octanol–water partition coefficient (Wildman–Crippen LogP) is 2.75. The van der Waals surface area contributed by atoms with Gasteiger partial charge >= 0.3 is 0 Å². The molecular weight excluding hydrogens is 378 g/mol. The fourth-order valence-corrected chi connectivity index (χ4v) is 4.66. The van der Waals surface area contributed by atoms with Gasteiger partial charge in [-0.15, -0.1) is 0 Å². The second kappa shape index (κ2) is 9.19. The summed E-state index contributed by atoms with van der Waals surface area (Å²) in [4.78, 5) is 42.6. The number of likely N-dealkylation sites (tertiary alicyclic amines) is 2. The summed E-state index contributed by atoms with van der Waals surface area (Å²) >= 11 is 0. The lowest BCUT2D eigenvalue weighted by molar-refractivity contribution is -0.137. The van der Waals surface area contributed by atoms with Crippen LogP contribution >= 0.6 is 0 Å².